The van der Waals surface area contributed by atoms with Gasteiger partial charge < -0.3 is 10.6 Å². The van der Waals surface area contributed by atoms with Crippen LogP contribution in [0, 0.1) is 5.82 Å². The van der Waals surface area contributed by atoms with Crippen molar-refractivity contribution in [3.63, 3.8) is 0 Å². The highest BCUT2D eigenvalue weighted by Crippen LogP contribution is 2.46. The van der Waals surface area contributed by atoms with Crippen LogP contribution in [0.2, 0.25) is 5.02 Å². The number of anilines is 1. The molecule has 1 aliphatic heterocycles. The van der Waals surface area contributed by atoms with Crippen LogP contribution in [0.15, 0.2) is 29.3 Å². The highest BCUT2D eigenvalue weighted by Gasteiger charge is 2.43. The number of halogens is 2. The van der Waals surface area contributed by atoms with Crippen molar-refractivity contribution in [1.82, 2.24) is 19.9 Å². The Morgan fingerprint density at radius 2 is 2.06 bits per heavy atom. The van der Waals surface area contributed by atoms with Crippen molar-refractivity contribution < 1.29 is 12.8 Å². The monoisotopic (exact) mass is 464 g/mol. The molecule has 5 rings (SSSR count). The predicted octanol–water partition coefficient (Wildman–Crippen LogP) is 2.35. The molecule has 3 aromatic rings. The van der Waals surface area contributed by atoms with Gasteiger partial charge in [-0.25, -0.2) is 22.9 Å². The number of sulfonamides is 1. The smallest absolute Gasteiger partial charge is 0.240 e. The number of nitrogens with two attached hydrogens (primary N) is 1. The van der Waals surface area contributed by atoms with Crippen molar-refractivity contribution in [3.05, 3.63) is 52.1 Å². The van der Waals surface area contributed by atoms with E-state index in [4.69, 9.17) is 21.7 Å². The standard InChI is InChI=1S/C20H22ClFN6O2S/c21-14-11-26-28-18(25-10-12-1-2-16(15(22)9-12)31(23,29)30)13-3-4-20(5-7-24-8-6-20)17(13)27-19(14)28/h1-2,9,11,24-25H,3-8,10H2,(H2,23,29,30). The van der Waals surface area contributed by atoms with Gasteiger partial charge in [-0.15, -0.1) is 0 Å². The van der Waals surface area contributed by atoms with Crippen LogP contribution in [0.25, 0.3) is 5.65 Å². The number of rotatable bonds is 4. The number of primary sulfonamides is 1. The first-order valence-electron chi connectivity index (χ1n) is 10.1. The van der Waals surface area contributed by atoms with Crippen molar-refractivity contribution in [1.29, 1.82) is 0 Å². The molecule has 164 valence electrons. The second-order valence-electron chi connectivity index (χ2n) is 8.21. The van der Waals surface area contributed by atoms with E-state index in [0.717, 1.165) is 55.8 Å². The van der Waals surface area contributed by atoms with Crippen LogP contribution in [-0.2, 0) is 28.4 Å². The Hall–Kier alpha value is -2.27. The summed E-state index contributed by atoms with van der Waals surface area (Å²) >= 11 is 6.37. The summed E-state index contributed by atoms with van der Waals surface area (Å²) in [6.45, 7) is 2.19. The zero-order valence-electron chi connectivity index (χ0n) is 16.7. The molecule has 8 nitrogen and oxygen atoms in total. The Bertz CT molecular complexity index is 1290. The molecule has 1 spiro atoms. The molecule has 4 N–H and O–H groups in total. The number of aromatic nitrogens is 3. The molecule has 2 aromatic heterocycles. The minimum Gasteiger partial charge on any atom is -0.366 e. The van der Waals surface area contributed by atoms with Crippen molar-refractivity contribution in [3.8, 4) is 0 Å². The third-order valence-corrected chi connectivity index (χ3v) is 7.59. The second kappa shape index (κ2) is 7.40. The highest BCUT2D eigenvalue weighted by molar-refractivity contribution is 7.89. The molecule has 3 heterocycles. The molecule has 31 heavy (non-hydrogen) atoms. The van der Waals surface area contributed by atoms with Gasteiger partial charge in [0.15, 0.2) is 5.65 Å². The van der Waals surface area contributed by atoms with Crippen molar-refractivity contribution >= 4 is 33.1 Å². The van der Waals surface area contributed by atoms with Gasteiger partial charge >= 0.3 is 0 Å². The summed E-state index contributed by atoms with van der Waals surface area (Å²) in [7, 11) is -4.10. The van der Waals surface area contributed by atoms with Gasteiger partial charge in [-0.1, -0.05) is 17.7 Å². The van der Waals surface area contributed by atoms with Gasteiger partial charge in [0.1, 0.15) is 21.6 Å². The van der Waals surface area contributed by atoms with Gasteiger partial charge in [0, 0.05) is 17.5 Å². The van der Waals surface area contributed by atoms with Gasteiger partial charge in [-0.05, 0) is 56.5 Å². The number of hydrogen-bond donors (Lipinski definition) is 3. The summed E-state index contributed by atoms with van der Waals surface area (Å²) in [5, 5.41) is 16.7. The maximum atomic E-state index is 14.2. The third kappa shape index (κ3) is 3.47. The molecule has 0 amide bonds. The molecule has 11 heteroatoms. The number of nitrogens with one attached hydrogen (secondary N) is 2. The fourth-order valence-corrected chi connectivity index (χ4v) is 5.56. The summed E-state index contributed by atoms with van der Waals surface area (Å²) in [5.41, 5.74) is 3.39. The normalized spacial score (nSPS) is 17.9. The molecular weight excluding hydrogens is 443 g/mol. The van der Waals surface area contributed by atoms with E-state index >= 15 is 0 Å². The molecule has 0 bridgehead atoms. The average Bonchev–Trinajstić information content (AvgIpc) is 3.27. The maximum absolute atomic E-state index is 14.2. The minimum absolute atomic E-state index is 0.0373. The van der Waals surface area contributed by atoms with E-state index < -0.39 is 20.7 Å². The lowest BCUT2D eigenvalue weighted by molar-refractivity contribution is 0.301. The number of benzene rings is 1. The van der Waals surface area contributed by atoms with Gasteiger partial charge in [0.2, 0.25) is 10.0 Å². The van der Waals surface area contributed by atoms with Crippen LogP contribution in [0.5, 0.6) is 0 Å². The lowest BCUT2D eigenvalue weighted by Crippen LogP contribution is -2.39. The Labute approximate surface area is 184 Å². The summed E-state index contributed by atoms with van der Waals surface area (Å²) in [5.74, 6) is -0.0825. The van der Waals surface area contributed by atoms with E-state index in [1.807, 2.05) is 0 Å². The number of nitrogens with zero attached hydrogens (tertiary/aromatic N) is 3. The molecule has 1 aromatic carbocycles. The van der Waals surface area contributed by atoms with Crippen molar-refractivity contribution in [2.75, 3.05) is 18.4 Å². The number of fused-ring (bicyclic) bond motifs is 3. The first-order chi connectivity index (χ1) is 14.8. The molecule has 1 saturated heterocycles. The molecule has 1 fully saturated rings. The summed E-state index contributed by atoms with van der Waals surface area (Å²) in [6.07, 6.45) is 5.51. The van der Waals surface area contributed by atoms with Crippen molar-refractivity contribution in [2.24, 2.45) is 5.14 Å². The first-order valence-corrected chi connectivity index (χ1v) is 12.0. The first kappa shape index (κ1) is 20.6. The predicted molar refractivity (Wildman–Crippen MR) is 115 cm³/mol. The number of piperidine rings is 1. The zero-order valence-corrected chi connectivity index (χ0v) is 18.2. The molecule has 0 radical (unpaired) electrons. The van der Waals surface area contributed by atoms with Gasteiger partial charge in [-0.2, -0.15) is 9.61 Å². The van der Waals surface area contributed by atoms with E-state index in [9.17, 15) is 12.8 Å². The van der Waals surface area contributed by atoms with Crippen molar-refractivity contribution in [2.45, 2.75) is 42.5 Å². The molecule has 1 aliphatic carbocycles. The van der Waals surface area contributed by atoms with Crippen LogP contribution in [0.4, 0.5) is 10.2 Å². The van der Waals surface area contributed by atoms with Crippen LogP contribution >= 0.6 is 11.6 Å². The fourth-order valence-electron chi connectivity index (χ4n) is 4.80. The van der Waals surface area contributed by atoms with Crippen LogP contribution in [-0.4, -0.2) is 36.1 Å². The summed E-state index contributed by atoms with van der Waals surface area (Å²) < 4.78 is 38.8. The Morgan fingerprint density at radius 3 is 2.77 bits per heavy atom. The van der Waals surface area contributed by atoms with Gasteiger partial charge in [-0.3, -0.25) is 0 Å². The Kier molecular flexibility index (Phi) is 4.93. The molecule has 0 unspecified atom stereocenters. The van der Waals surface area contributed by atoms with Gasteiger partial charge in [0.05, 0.1) is 11.9 Å². The Balaban J connectivity index is 1.53. The van der Waals surface area contributed by atoms with Crippen LogP contribution in [0.1, 0.15) is 36.1 Å². The molecule has 0 atom stereocenters. The quantitative estimate of drug-likeness (QED) is 0.546. The molecule has 2 aliphatic rings. The van der Waals surface area contributed by atoms with E-state index in [0.29, 0.717) is 16.2 Å². The lowest BCUT2D eigenvalue weighted by atomic mass is 9.77. The molecule has 0 saturated carbocycles. The largest absolute Gasteiger partial charge is 0.366 e. The van der Waals surface area contributed by atoms with E-state index in [1.54, 1.807) is 16.8 Å². The zero-order chi connectivity index (χ0) is 21.8. The van der Waals surface area contributed by atoms with E-state index in [1.165, 1.54) is 12.1 Å². The topological polar surface area (TPSA) is 114 Å². The highest BCUT2D eigenvalue weighted by atomic mass is 35.5. The van der Waals surface area contributed by atoms with Crippen LogP contribution < -0.4 is 15.8 Å². The fraction of sp³-hybridized carbons (Fsp3) is 0.400. The SMILES string of the molecule is NS(=O)(=O)c1ccc(CNc2c3c(nc4c(Cl)cnn24)C2(CCNCC2)CC3)cc1F. The second-order valence-corrected chi connectivity index (χ2v) is 10.1. The number of hydrogen-bond acceptors (Lipinski definition) is 6. The van der Waals surface area contributed by atoms with Gasteiger partial charge in [0.25, 0.3) is 0 Å². The van der Waals surface area contributed by atoms with E-state index in [2.05, 4.69) is 15.7 Å². The third-order valence-electron chi connectivity index (χ3n) is 6.38. The minimum atomic E-state index is -4.10. The maximum Gasteiger partial charge on any atom is 0.240 e. The lowest BCUT2D eigenvalue weighted by Gasteiger charge is -2.34. The van der Waals surface area contributed by atoms with E-state index in [-0.39, 0.29) is 12.0 Å². The molecular formula is C20H22ClFN6O2S. The average molecular weight is 465 g/mol. The van der Waals surface area contributed by atoms with Crippen LogP contribution in [0.3, 0.4) is 0 Å². The summed E-state index contributed by atoms with van der Waals surface area (Å²) in [6, 6.07) is 3.90. The summed E-state index contributed by atoms with van der Waals surface area (Å²) in [4.78, 5) is 4.40. The Morgan fingerprint density at radius 1 is 1.29 bits per heavy atom.